The first kappa shape index (κ1) is 15.9. The Morgan fingerprint density at radius 3 is 2.84 bits per heavy atom. The van der Waals surface area contributed by atoms with E-state index >= 15 is 0 Å². The van der Waals surface area contributed by atoms with E-state index < -0.39 is 0 Å². The zero-order chi connectivity index (χ0) is 17.2. The van der Waals surface area contributed by atoms with Crippen molar-refractivity contribution in [3.05, 3.63) is 62.7 Å². The van der Waals surface area contributed by atoms with Gasteiger partial charge in [0.25, 0.3) is 5.56 Å². The molecule has 8 heteroatoms. The fraction of sp³-hybridized carbons (Fsp3) is 0.235. The number of hydrogen-bond acceptors (Lipinski definition) is 6. The number of rotatable bonds is 4. The van der Waals surface area contributed by atoms with E-state index in [4.69, 9.17) is 0 Å². The van der Waals surface area contributed by atoms with Crippen LogP contribution >= 0.6 is 11.3 Å². The van der Waals surface area contributed by atoms with Gasteiger partial charge in [-0.3, -0.25) is 9.59 Å². The second-order valence-electron chi connectivity index (χ2n) is 5.91. The molecule has 1 aliphatic rings. The number of fused-ring (bicyclic) bond motifs is 1. The molecule has 1 amide bonds. The monoisotopic (exact) mass is 355 g/mol. The number of nitrogens with zero attached hydrogens (tertiary/aromatic N) is 1. The van der Waals surface area contributed by atoms with Gasteiger partial charge in [0.2, 0.25) is 5.91 Å². The Bertz CT molecular complexity index is 953. The number of aromatic amines is 1. The topological polar surface area (TPSA) is 98.9 Å². The summed E-state index contributed by atoms with van der Waals surface area (Å²) in [5, 5.41) is 12.8. The van der Waals surface area contributed by atoms with Gasteiger partial charge in [-0.25, -0.2) is 16.0 Å². The van der Waals surface area contributed by atoms with Crippen LogP contribution in [-0.2, 0) is 11.3 Å². The Morgan fingerprint density at radius 1 is 1.20 bits per heavy atom. The molecule has 2 aromatic heterocycles. The number of aromatic nitrogens is 2. The molecule has 1 saturated heterocycles. The third-order valence-corrected chi connectivity index (χ3v) is 5.30. The molecule has 2 atom stereocenters. The third kappa shape index (κ3) is 3.19. The Morgan fingerprint density at radius 2 is 2.04 bits per heavy atom. The fourth-order valence-corrected chi connectivity index (χ4v) is 3.80. The SMILES string of the molecule is O=C(NCc1n[nH]c(=O)c2ccccc12)C1CC(c2cccs2)NN1. The number of thiophene rings is 1. The van der Waals surface area contributed by atoms with Crippen LogP contribution in [-0.4, -0.2) is 22.1 Å². The Labute approximate surface area is 147 Å². The van der Waals surface area contributed by atoms with Gasteiger partial charge in [-0.2, -0.15) is 5.10 Å². The average Bonchev–Trinajstić information content (AvgIpc) is 3.32. The van der Waals surface area contributed by atoms with Crippen LogP contribution in [0.15, 0.2) is 46.6 Å². The van der Waals surface area contributed by atoms with Gasteiger partial charge < -0.3 is 5.32 Å². The Kier molecular flexibility index (Phi) is 4.31. The minimum Gasteiger partial charge on any atom is -0.349 e. The molecule has 4 rings (SSSR count). The molecular formula is C17H17N5O2S. The second kappa shape index (κ2) is 6.75. The van der Waals surface area contributed by atoms with Gasteiger partial charge in [0.15, 0.2) is 0 Å². The minimum atomic E-state index is -0.305. The summed E-state index contributed by atoms with van der Waals surface area (Å²) in [4.78, 5) is 25.4. The summed E-state index contributed by atoms with van der Waals surface area (Å²) < 4.78 is 0. The van der Waals surface area contributed by atoms with E-state index in [1.807, 2.05) is 23.6 Å². The van der Waals surface area contributed by atoms with Gasteiger partial charge in [-0.1, -0.05) is 24.3 Å². The zero-order valence-electron chi connectivity index (χ0n) is 13.3. The quantitative estimate of drug-likeness (QED) is 0.564. The van der Waals surface area contributed by atoms with Crippen molar-refractivity contribution in [1.82, 2.24) is 26.4 Å². The van der Waals surface area contributed by atoms with Crippen LogP contribution in [0.25, 0.3) is 10.8 Å². The molecule has 0 radical (unpaired) electrons. The van der Waals surface area contributed by atoms with Crippen LogP contribution in [0.4, 0.5) is 0 Å². The molecule has 7 nitrogen and oxygen atoms in total. The van der Waals surface area contributed by atoms with E-state index in [2.05, 4.69) is 32.4 Å². The highest BCUT2D eigenvalue weighted by Crippen LogP contribution is 2.26. The molecule has 1 fully saturated rings. The van der Waals surface area contributed by atoms with E-state index in [0.29, 0.717) is 17.5 Å². The predicted molar refractivity (Wildman–Crippen MR) is 95.9 cm³/mol. The summed E-state index contributed by atoms with van der Waals surface area (Å²) >= 11 is 1.67. The van der Waals surface area contributed by atoms with Crippen LogP contribution in [0.1, 0.15) is 23.0 Å². The van der Waals surface area contributed by atoms with Gasteiger partial charge >= 0.3 is 0 Å². The van der Waals surface area contributed by atoms with Crippen molar-refractivity contribution < 1.29 is 4.79 Å². The summed E-state index contributed by atoms with van der Waals surface area (Å²) in [6.45, 7) is 0.262. The van der Waals surface area contributed by atoms with Gasteiger partial charge in [-0.15, -0.1) is 11.3 Å². The number of H-pyrrole nitrogens is 1. The van der Waals surface area contributed by atoms with Crippen LogP contribution < -0.4 is 21.7 Å². The molecule has 1 aliphatic heterocycles. The van der Waals surface area contributed by atoms with Crippen molar-refractivity contribution in [3.8, 4) is 0 Å². The number of carbonyl (C=O) groups excluding carboxylic acids is 1. The lowest BCUT2D eigenvalue weighted by Gasteiger charge is -2.11. The summed E-state index contributed by atoms with van der Waals surface area (Å²) in [6.07, 6.45) is 0.687. The first-order valence-corrected chi connectivity index (χ1v) is 8.89. The number of hydrogen-bond donors (Lipinski definition) is 4. The molecular weight excluding hydrogens is 338 g/mol. The molecule has 0 aliphatic carbocycles. The van der Waals surface area contributed by atoms with Crippen LogP contribution in [0.3, 0.4) is 0 Å². The molecule has 2 unspecified atom stereocenters. The van der Waals surface area contributed by atoms with E-state index in [-0.39, 0.29) is 30.1 Å². The molecule has 3 heterocycles. The van der Waals surface area contributed by atoms with Crippen molar-refractivity contribution in [2.24, 2.45) is 0 Å². The highest BCUT2D eigenvalue weighted by molar-refractivity contribution is 7.10. The van der Waals surface area contributed by atoms with Crippen LogP contribution in [0, 0.1) is 0 Å². The Balaban J connectivity index is 1.43. The van der Waals surface area contributed by atoms with Gasteiger partial charge in [-0.05, 0) is 23.9 Å². The molecule has 0 spiro atoms. The first-order chi connectivity index (χ1) is 12.2. The van der Waals surface area contributed by atoms with Crippen molar-refractivity contribution in [2.75, 3.05) is 0 Å². The highest BCUT2D eigenvalue weighted by Gasteiger charge is 2.30. The molecule has 128 valence electrons. The number of benzene rings is 1. The van der Waals surface area contributed by atoms with Crippen LogP contribution in [0.2, 0.25) is 0 Å². The Hall–Kier alpha value is -2.55. The maximum Gasteiger partial charge on any atom is 0.272 e. The van der Waals surface area contributed by atoms with Gasteiger partial charge in [0.05, 0.1) is 23.7 Å². The van der Waals surface area contributed by atoms with Gasteiger partial charge in [0.1, 0.15) is 6.04 Å². The molecule has 0 saturated carbocycles. The fourth-order valence-electron chi connectivity index (χ4n) is 3.00. The number of hydrazine groups is 1. The predicted octanol–water partition coefficient (Wildman–Crippen LogP) is 1.21. The maximum absolute atomic E-state index is 12.4. The minimum absolute atomic E-state index is 0.0939. The van der Waals surface area contributed by atoms with Crippen molar-refractivity contribution in [3.63, 3.8) is 0 Å². The zero-order valence-corrected chi connectivity index (χ0v) is 14.1. The smallest absolute Gasteiger partial charge is 0.272 e. The van der Waals surface area contributed by atoms with Crippen molar-refractivity contribution in [1.29, 1.82) is 0 Å². The number of carbonyl (C=O) groups is 1. The second-order valence-corrected chi connectivity index (χ2v) is 6.89. The van der Waals surface area contributed by atoms with Crippen LogP contribution in [0.5, 0.6) is 0 Å². The molecule has 25 heavy (non-hydrogen) atoms. The highest BCUT2D eigenvalue weighted by atomic mass is 32.1. The van der Waals surface area contributed by atoms with E-state index in [9.17, 15) is 9.59 Å². The number of amides is 1. The van der Waals surface area contributed by atoms with Crippen molar-refractivity contribution >= 4 is 28.0 Å². The lowest BCUT2D eigenvalue weighted by atomic mass is 10.1. The number of nitrogens with one attached hydrogen (secondary N) is 4. The summed E-state index contributed by atoms with van der Waals surface area (Å²) in [5.41, 5.74) is 6.62. The summed E-state index contributed by atoms with van der Waals surface area (Å²) in [5.74, 6) is -0.0939. The lowest BCUT2D eigenvalue weighted by molar-refractivity contribution is -0.123. The van der Waals surface area contributed by atoms with E-state index in [1.54, 1.807) is 23.5 Å². The molecule has 3 aromatic rings. The third-order valence-electron chi connectivity index (χ3n) is 4.31. The first-order valence-electron chi connectivity index (χ1n) is 8.01. The maximum atomic E-state index is 12.4. The lowest BCUT2D eigenvalue weighted by Crippen LogP contribution is -2.43. The van der Waals surface area contributed by atoms with Gasteiger partial charge in [0, 0.05) is 10.3 Å². The molecule has 4 N–H and O–H groups in total. The van der Waals surface area contributed by atoms with E-state index in [0.717, 1.165) is 5.39 Å². The van der Waals surface area contributed by atoms with Crippen molar-refractivity contribution in [2.45, 2.75) is 25.0 Å². The summed E-state index contributed by atoms with van der Waals surface area (Å²) in [6, 6.07) is 11.1. The largest absolute Gasteiger partial charge is 0.349 e. The molecule has 0 bridgehead atoms. The average molecular weight is 355 g/mol. The van der Waals surface area contributed by atoms with E-state index in [1.165, 1.54) is 4.88 Å². The summed E-state index contributed by atoms with van der Waals surface area (Å²) in [7, 11) is 0. The standard InChI is InChI=1S/C17H17N5O2S/c23-16-11-5-2-1-4-10(11)14(21-22-16)9-18-17(24)13-8-12(19-20-13)15-6-3-7-25-15/h1-7,12-13,19-20H,8-9H2,(H,18,24)(H,22,23). The normalized spacial score (nSPS) is 20.0. The molecule has 1 aromatic carbocycles.